The van der Waals surface area contributed by atoms with Crippen molar-refractivity contribution in [3.05, 3.63) is 77.9 Å². The minimum absolute atomic E-state index is 0.0967. The number of benzene rings is 3. The van der Waals surface area contributed by atoms with Gasteiger partial charge in [-0.1, -0.05) is 36.4 Å². The molecule has 0 unspecified atom stereocenters. The maximum absolute atomic E-state index is 12.2. The third-order valence-electron chi connectivity index (χ3n) is 4.22. The van der Waals surface area contributed by atoms with Crippen molar-refractivity contribution in [3.8, 4) is 5.75 Å². The van der Waals surface area contributed by atoms with Crippen LogP contribution in [-0.4, -0.2) is 36.6 Å². The van der Waals surface area contributed by atoms with Crippen molar-refractivity contribution in [2.75, 3.05) is 13.7 Å². The van der Waals surface area contributed by atoms with Gasteiger partial charge < -0.3 is 9.47 Å². The van der Waals surface area contributed by atoms with Gasteiger partial charge in [-0.15, -0.1) is 0 Å². The highest BCUT2D eigenvalue weighted by atomic mass is 32.1. The van der Waals surface area contributed by atoms with E-state index in [-0.39, 0.29) is 17.3 Å². The molecule has 31 heavy (non-hydrogen) atoms. The summed E-state index contributed by atoms with van der Waals surface area (Å²) >= 11 is 5.00. The quantitative estimate of drug-likeness (QED) is 0.320. The highest BCUT2D eigenvalue weighted by Gasteiger charge is 2.11. The number of fused-ring (bicyclic) bond motifs is 1. The van der Waals surface area contributed by atoms with Gasteiger partial charge in [0.1, 0.15) is 5.75 Å². The molecule has 0 bridgehead atoms. The van der Waals surface area contributed by atoms with Gasteiger partial charge in [-0.2, -0.15) is 0 Å². The molecule has 3 aromatic carbocycles. The third kappa shape index (κ3) is 5.77. The second-order valence-corrected chi connectivity index (χ2v) is 6.70. The van der Waals surface area contributed by atoms with Gasteiger partial charge in [0.25, 0.3) is 11.8 Å². The molecule has 3 rings (SSSR count). The van der Waals surface area contributed by atoms with Crippen molar-refractivity contribution in [2.45, 2.75) is 0 Å². The number of carbonyl (C=O) groups is 3. The number of ether oxygens (including phenoxy) is 2. The SMILES string of the molecule is COC(=O)c1ccc(C(=O)NC(=S)NNC(=O)COc2cccc3ccccc23)cc1. The fourth-order valence-corrected chi connectivity index (χ4v) is 2.85. The maximum Gasteiger partial charge on any atom is 0.337 e. The molecule has 0 radical (unpaired) electrons. The van der Waals surface area contributed by atoms with Gasteiger partial charge in [0.05, 0.1) is 12.7 Å². The Hall–Kier alpha value is -3.98. The highest BCUT2D eigenvalue weighted by Crippen LogP contribution is 2.24. The van der Waals surface area contributed by atoms with E-state index in [0.717, 1.165) is 10.8 Å². The molecule has 0 aromatic heterocycles. The van der Waals surface area contributed by atoms with Crippen molar-refractivity contribution in [1.29, 1.82) is 0 Å². The van der Waals surface area contributed by atoms with Crippen LogP contribution < -0.4 is 20.9 Å². The average molecular weight is 437 g/mol. The number of methoxy groups -OCH3 is 1. The fourth-order valence-electron chi connectivity index (χ4n) is 2.71. The molecule has 0 aliphatic carbocycles. The minimum Gasteiger partial charge on any atom is -0.483 e. The fraction of sp³-hybridized carbons (Fsp3) is 0.0909. The Kier molecular flexibility index (Phi) is 7.13. The molecule has 9 heteroatoms. The Morgan fingerprint density at radius 2 is 1.55 bits per heavy atom. The van der Waals surface area contributed by atoms with Gasteiger partial charge in [0, 0.05) is 10.9 Å². The molecular formula is C22H19N3O5S. The van der Waals surface area contributed by atoms with Crippen LogP contribution in [0.2, 0.25) is 0 Å². The molecule has 158 valence electrons. The molecule has 0 fully saturated rings. The third-order valence-corrected chi connectivity index (χ3v) is 4.42. The van der Waals surface area contributed by atoms with Crippen LogP contribution >= 0.6 is 12.2 Å². The number of nitrogens with one attached hydrogen (secondary N) is 3. The molecule has 8 nitrogen and oxygen atoms in total. The van der Waals surface area contributed by atoms with E-state index >= 15 is 0 Å². The molecule has 0 spiro atoms. The van der Waals surface area contributed by atoms with E-state index in [4.69, 9.17) is 17.0 Å². The molecule has 0 saturated carbocycles. The molecule has 2 amide bonds. The molecule has 3 N–H and O–H groups in total. The summed E-state index contributed by atoms with van der Waals surface area (Å²) in [5.74, 6) is -0.903. The van der Waals surface area contributed by atoms with Gasteiger partial charge in [-0.05, 0) is 47.9 Å². The lowest BCUT2D eigenvalue weighted by Crippen LogP contribution is -2.49. The first-order valence-corrected chi connectivity index (χ1v) is 9.58. The van der Waals surface area contributed by atoms with Crippen molar-refractivity contribution in [2.24, 2.45) is 0 Å². The van der Waals surface area contributed by atoms with E-state index in [0.29, 0.717) is 11.3 Å². The summed E-state index contributed by atoms with van der Waals surface area (Å²) in [7, 11) is 1.27. The Balaban J connectivity index is 1.46. The average Bonchev–Trinajstić information content (AvgIpc) is 2.80. The summed E-state index contributed by atoms with van der Waals surface area (Å²) in [4.78, 5) is 35.6. The van der Waals surface area contributed by atoms with E-state index in [1.807, 2.05) is 36.4 Å². The first-order chi connectivity index (χ1) is 15.0. The number of hydrogen-bond donors (Lipinski definition) is 3. The van der Waals surface area contributed by atoms with Crippen LogP contribution in [-0.2, 0) is 9.53 Å². The Morgan fingerprint density at radius 3 is 2.29 bits per heavy atom. The Morgan fingerprint density at radius 1 is 0.871 bits per heavy atom. The number of thiocarbonyl (C=S) groups is 1. The maximum atomic E-state index is 12.2. The predicted octanol–water partition coefficient (Wildman–Crippen LogP) is 2.34. The molecule has 0 saturated heterocycles. The van der Waals surface area contributed by atoms with Crippen molar-refractivity contribution in [1.82, 2.24) is 16.2 Å². The zero-order valence-corrected chi connectivity index (χ0v) is 17.3. The first kappa shape index (κ1) is 21.7. The number of esters is 1. The zero-order valence-electron chi connectivity index (χ0n) is 16.5. The molecule has 3 aromatic rings. The van der Waals surface area contributed by atoms with Gasteiger partial charge in [-0.25, -0.2) is 4.79 Å². The van der Waals surface area contributed by atoms with Crippen molar-refractivity contribution >= 4 is 45.9 Å². The number of hydrazine groups is 1. The summed E-state index contributed by atoms with van der Waals surface area (Å²) in [6.45, 7) is -0.243. The topological polar surface area (TPSA) is 106 Å². The lowest BCUT2D eigenvalue weighted by Gasteiger charge is -2.12. The van der Waals surface area contributed by atoms with Crippen LogP contribution in [0.3, 0.4) is 0 Å². The van der Waals surface area contributed by atoms with Crippen molar-refractivity contribution in [3.63, 3.8) is 0 Å². The summed E-state index contributed by atoms with van der Waals surface area (Å²) in [5.41, 5.74) is 5.40. The van der Waals surface area contributed by atoms with Crippen molar-refractivity contribution < 1.29 is 23.9 Å². The monoisotopic (exact) mass is 437 g/mol. The lowest BCUT2D eigenvalue weighted by molar-refractivity contribution is -0.123. The Bertz CT molecular complexity index is 1130. The standard InChI is InChI=1S/C22H19N3O5S/c1-29-21(28)16-11-9-15(10-12-16)20(27)23-22(31)25-24-19(26)13-30-18-8-4-6-14-5-2-3-7-17(14)18/h2-12H,13H2,1H3,(H,24,26)(H2,23,25,27,31). The molecule has 0 heterocycles. The second kappa shape index (κ2) is 10.2. The number of amides is 2. The van der Waals surface area contributed by atoms with Crippen LogP contribution in [0.25, 0.3) is 10.8 Å². The second-order valence-electron chi connectivity index (χ2n) is 6.29. The summed E-state index contributed by atoms with van der Waals surface area (Å²) in [6.07, 6.45) is 0. The minimum atomic E-state index is -0.504. The summed E-state index contributed by atoms with van der Waals surface area (Å²) < 4.78 is 10.2. The van der Waals surface area contributed by atoms with Crippen LogP contribution in [0.4, 0.5) is 0 Å². The normalized spacial score (nSPS) is 10.1. The van der Waals surface area contributed by atoms with E-state index in [1.54, 1.807) is 6.07 Å². The largest absolute Gasteiger partial charge is 0.483 e. The number of rotatable bonds is 5. The lowest BCUT2D eigenvalue weighted by atomic mass is 10.1. The smallest absolute Gasteiger partial charge is 0.337 e. The Labute approximate surface area is 183 Å². The summed E-state index contributed by atoms with van der Waals surface area (Å²) in [5, 5.41) is 4.22. The summed E-state index contributed by atoms with van der Waals surface area (Å²) in [6, 6.07) is 19.1. The first-order valence-electron chi connectivity index (χ1n) is 9.17. The van der Waals surface area contributed by atoms with Gasteiger partial charge in [0.15, 0.2) is 11.7 Å². The van der Waals surface area contributed by atoms with Crippen LogP contribution in [0, 0.1) is 0 Å². The number of hydrogen-bond acceptors (Lipinski definition) is 6. The van der Waals surface area contributed by atoms with E-state index in [2.05, 4.69) is 20.9 Å². The predicted molar refractivity (Wildman–Crippen MR) is 119 cm³/mol. The van der Waals surface area contributed by atoms with Gasteiger partial charge >= 0.3 is 5.97 Å². The van der Waals surface area contributed by atoms with Crippen LogP contribution in [0.15, 0.2) is 66.7 Å². The van der Waals surface area contributed by atoms with E-state index in [9.17, 15) is 14.4 Å². The van der Waals surface area contributed by atoms with E-state index in [1.165, 1.54) is 31.4 Å². The zero-order chi connectivity index (χ0) is 22.2. The highest BCUT2D eigenvalue weighted by molar-refractivity contribution is 7.80. The van der Waals surface area contributed by atoms with Crippen LogP contribution in [0.5, 0.6) is 5.75 Å². The van der Waals surface area contributed by atoms with Gasteiger partial charge in [-0.3, -0.25) is 25.8 Å². The molecule has 0 aliphatic heterocycles. The number of carbonyl (C=O) groups excluding carboxylic acids is 3. The van der Waals surface area contributed by atoms with Crippen LogP contribution in [0.1, 0.15) is 20.7 Å². The molecule has 0 aliphatic rings. The van der Waals surface area contributed by atoms with Gasteiger partial charge in [0.2, 0.25) is 0 Å². The molecule has 0 atom stereocenters. The van der Waals surface area contributed by atoms with E-state index < -0.39 is 17.8 Å². The molecular weight excluding hydrogens is 418 g/mol.